The Balaban J connectivity index is 2.18. The molecular formula is C16H13ClO2. The summed E-state index contributed by atoms with van der Waals surface area (Å²) in [6.45, 7) is 0. The molecule has 2 rings (SSSR count). The molecule has 0 aliphatic rings. The lowest BCUT2D eigenvalue weighted by molar-refractivity contribution is 0.104. The van der Waals surface area contributed by atoms with Crippen LogP contribution in [-0.2, 0) is 0 Å². The van der Waals surface area contributed by atoms with Crippen molar-refractivity contribution in [3.8, 4) is 5.75 Å². The van der Waals surface area contributed by atoms with E-state index in [1.165, 1.54) is 13.2 Å². The SMILES string of the molecule is COc1cc(C(=O)/C=C/c2ccccc2)ccc1Cl. The van der Waals surface area contributed by atoms with Crippen molar-refractivity contribution in [2.75, 3.05) is 7.11 Å². The Bertz CT molecular complexity index is 603. The summed E-state index contributed by atoms with van der Waals surface area (Å²) >= 11 is 5.92. The van der Waals surface area contributed by atoms with E-state index < -0.39 is 0 Å². The monoisotopic (exact) mass is 272 g/mol. The molecule has 0 N–H and O–H groups in total. The Labute approximate surface area is 117 Å². The molecule has 0 aliphatic heterocycles. The number of rotatable bonds is 4. The number of halogens is 1. The molecule has 0 saturated carbocycles. The van der Waals surface area contributed by atoms with Crippen LogP contribution in [0.15, 0.2) is 54.6 Å². The second kappa shape index (κ2) is 6.21. The minimum Gasteiger partial charge on any atom is -0.495 e. The first kappa shape index (κ1) is 13.4. The first-order valence-electron chi connectivity index (χ1n) is 5.81. The number of allylic oxidation sites excluding steroid dienone is 1. The number of hydrogen-bond donors (Lipinski definition) is 0. The van der Waals surface area contributed by atoms with Crippen molar-refractivity contribution in [2.24, 2.45) is 0 Å². The molecule has 96 valence electrons. The Morgan fingerprint density at radius 3 is 2.58 bits per heavy atom. The Morgan fingerprint density at radius 1 is 1.16 bits per heavy atom. The van der Waals surface area contributed by atoms with Crippen molar-refractivity contribution in [3.05, 3.63) is 70.8 Å². The summed E-state index contributed by atoms with van der Waals surface area (Å²) in [7, 11) is 1.52. The van der Waals surface area contributed by atoms with Gasteiger partial charge in [0.2, 0.25) is 0 Å². The molecule has 0 bridgehead atoms. The van der Waals surface area contributed by atoms with E-state index >= 15 is 0 Å². The van der Waals surface area contributed by atoms with Crippen LogP contribution in [-0.4, -0.2) is 12.9 Å². The van der Waals surface area contributed by atoms with Gasteiger partial charge in [-0.25, -0.2) is 0 Å². The van der Waals surface area contributed by atoms with Gasteiger partial charge in [0.1, 0.15) is 5.75 Å². The molecule has 0 aromatic heterocycles. The van der Waals surface area contributed by atoms with Crippen molar-refractivity contribution in [1.29, 1.82) is 0 Å². The van der Waals surface area contributed by atoms with Crippen molar-refractivity contribution in [3.63, 3.8) is 0 Å². The van der Waals surface area contributed by atoms with E-state index in [0.29, 0.717) is 16.3 Å². The molecule has 2 aromatic rings. The highest BCUT2D eigenvalue weighted by Crippen LogP contribution is 2.25. The molecule has 0 aliphatic carbocycles. The number of ketones is 1. The van der Waals surface area contributed by atoms with Crippen molar-refractivity contribution >= 4 is 23.5 Å². The fourth-order valence-corrected chi connectivity index (χ4v) is 1.84. The zero-order valence-corrected chi connectivity index (χ0v) is 11.2. The number of methoxy groups -OCH3 is 1. The largest absolute Gasteiger partial charge is 0.495 e. The van der Waals surface area contributed by atoms with E-state index in [9.17, 15) is 4.79 Å². The van der Waals surface area contributed by atoms with Gasteiger partial charge >= 0.3 is 0 Å². The van der Waals surface area contributed by atoms with Crippen molar-refractivity contribution < 1.29 is 9.53 Å². The molecule has 0 fully saturated rings. The zero-order chi connectivity index (χ0) is 13.7. The van der Waals surface area contributed by atoms with Crippen LogP contribution in [0.25, 0.3) is 6.08 Å². The predicted molar refractivity (Wildman–Crippen MR) is 77.8 cm³/mol. The van der Waals surface area contributed by atoms with E-state index in [0.717, 1.165) is 5.56 Å². The topological polar surface area (TPSA) is 26.3 Å². The molecule has 0 amide bonds. The van der Waals surface area contributed by atoms with Gasteiger partial charge < -0.3 is 4.74 Å². The van der Waals surface area contributed by atoms with Crippen LogP contribution in [0.4, 0.5) is 0 Å². The maximum atomic E-state index is 12.0. The van der Waals surface area contributed by atoms with Crippen LogP contribution in [0.3, 0.4) is 0 Å². The lowest BCUT2D eigenvalue weighted by Gasteiger charge is -2.04. The molecule has 0 heterocycles. The molecular weight excluding hydrogens is 260 g/mol. The summed E-state index contributed by atoms with van der Waals surface area (Å²) in [6, 6.07) is 14.6. The highest BCUT2D eigenvalue weighted by atomic mass is 35.5. The number of carbonyl (C=O) groups is 1. The highest BCUT2D eigenvalue weighted by molar-refractivity contribution is 6.32. The van der Waals surface area contributed by atoms with Crippen molar-refractivity contribution in [1.82, 2.24) is 0 Å². The molecule has 19 heavy (non-hydrogen) atoms. The second-order valence-electron chi connectivity index (χ2n) is 3.96. The van der Waals surface area contributed by atoms with E-state index in [1.807, 2.05) is 30.3 Å². The van der Waals surface area contributed by atoms with E-state index in [2.05, 4.69) is 0 Å². The van der Waals surface area contributed by atoms with Crippen LogP contribution < -0.4 is 4.74 Å². The Morgan fingerprint density at radius 2 is 1.89 bits per heavy atom. The molecule has 2 aromatic carbocycles. The van der Waals surface area contributed by atoms with Gasteiger partial charge in [0.05, 0.1) is 12.1 Å². The van der Waals surface area contributed by atoms with Gasteiger partial charge in [0.15, 0.2) is 5.78 Å². The minimum absolute atomic E-state index is 0.0844. The summed E-state index contributed by atoms with van der Waals surface area (Å²) in [5.74, 6) is 0.416. The molecule has 0 spiro atoms. The molecule has 0 atom stereocenters. The lowest BCUT2D eigenvalue weighted by atomic mass is 10.1. The van der Waals surface area contributed by atoms with Crippen LogP contribution in [0, 0.1) is 0 Å². The van der Waals surface area contributed by atoms with Gasteiger partial charge in [-0.3, -0.25) is 4.79 Å². The van der Waals surface area contributed by atoms with Crippen LogP contribution >= 0.6 is 11.6 Å². The maximum Gasteiger partial charge on any atom is 0.185 e. The lowest BCUT2D eigenvalue weighted by Crippen LogP contribution is -1.95. The third kappa shape index (κ3) is 3.46. The number of benzene rings is 2. The summed E-state index contributed by atoms with van der Waals surface area (Å²) in [4.78, 5) is 12.0. The maximum absolute atomic E-state index is 12.0. The van der Waals surface area contributed by atoms with Gasteiger partial charge in [0.25, 0.3) is 0 Å². The summed E-state index contributed by atoms with van der Waals surface area (Å²) in [6.07, 6.45) is 3.32. The second-order valence-corrected chi connectivity index (χ2v) is 4.36. The molecule has 0 saturated heterocycles. The van der Waals surface area contributed by atoms with Crippen LogP contribution in [0.1, 0.15) is 15.9 Å². The minimum atomic E-state index is -0.0844. The Kier molecular flexibility index (Phi) is 4.37. The molecule has 3 heteroatoms. The van der Waals surface area contributed by atoms with Crippen LogP contribution in [0.2, 0.25) is 5.02 Å². The van der Waals surface area contributed by atoms with E-state index in [-0.39, 0.29) is 5.78 Å². The van der Waals surface area contributed by atoms with Gasteiger partial charge in [-0.1, -0.05) is 48.0 Å². The van der Waals surface area contributed by atoms with E-state index in [1.54, 1.807) is 24.3 Å². The number of carbonyl (C=O) groups excluding carboxylic acids is 1. The summed E-state index contributed by atoms with van der Waals surface area (Å²) in [5, 5.41) is 0.492. The van der Waals surface area contributed by atoms with Crippen molar-refractivity contribution in [2.45, 2.75) is 0 Å². The number of hydrogen-bond acceptors (Lipinski definition) is 2. The molecule has 0 radical (unpaired) electrons. The quantitative estimate of drug-likeness (QED) is 0.614. The zero-order valence-electron chi connectivity index (χ0n) is 10.5. The first-order valence-corrected chi connectivity index (χ1v) is 6.19. The average molecular weight is 273 g/mol. The summed E-state index contributed by atoms with van der Waals surface area (Å²) < 4.78 is 5.09. The third-order valence-corrected chi connectivity index (χ3v) is 2.97. The molecule has 2 nitrogen and oxygen atoms in total. The standard InChI is InChI=1S/C16H13ClO2/c1-19-16-11-13(8-9-14(16)17)15(18)10-7-12-5-3-2-4-6-12/h2-11H,1H3/b10-7+. The smallest absolute Gasteiger partial charge is 0.185 e. The normalized spacial score (nSPS) is 10.6. The average Bonchev–Trinajstić information content (AvgIpc) is 2.46. The Hall–Kier alpha value is -2.06. The number of ether oxygens (including phenoxy) is 1. The summed E-state index contributed by atoms with van der Waals surface area (Å²) in [5.41, 5.74) is 1.53. The first-order chi connectivity index (χ1) is 9.20. The fourth-order valence-electron chi connectivity index (χ4n) is 1.65. The van der Waals surface area contributed by atoms with Gasteiger partial charge in [0, 0.05) is 5.56 Å². The van der Waals surface area contributed by atoms with E-state index in [4.69, 9.17) is 16.3 Å². The van der Waals surface area contributed by atoms with Crippen LogP contribution in [0.5, 0.6) is 5.75 Å². The van der Waals surface area contributed by atoms with Gasteiger partial charge in [-0.15, -0.1) is 0 Å². The van der Waals surface area contributed by atoms with Gasteiger partial charge in [-0.2, -0.15) is 0 Å². The highest BCUT2D eigenvalue weighted by Gasteiger charge is 2.06. The van der Waals surface area contributed by atoms with Gasteiger partial charge in [-0.05, 0) is 29.8 Å². The molecule has 0 unspecified atom stereocenters. The third-order valence-electron chi connectivity index (χ3n) is 2.66. The predicted octanol–water partition coefficient (Wildman–Crippen LogP) is 4.24. The fraction of sp³-hybridized carbons (Fsp3) is 0.0625.